The van der Waals surface area contributed by atoms with Crippen LogP contribution in [0.1, 0.15) is 28.8 Å². The zero-order chi connectivity index (χ0) is 23.7. The number of nitriles is 1. The number of halogens is 1. The molecule has 1 aromatic carbocycles. The first-order chi connectivity index (χ1) is 16.5. The summed E-state index contributed by atoms with van der Waals surface area (Å²) in [6.45, 7) is 3.90. The maximum Gasteiger partial charge on any atom is 0.224 e. The Morgan fingerprint density at radius 2 is 2.24 bits per heavy atom. The van der Waals surface area contributed by atoms with E-state index in [0.29, 0.717) is 37.4 Å². The molecule has 0 aliphatic carbocycles. The second-order valence-electron chi connectivity index (χ2n) is 8.63. The molecule has 0 radical (unpaired) electrons. The quantitative estimate of drug-likeness (QED) is 0.596. The number of aromatic nitrogens is 1. The van der Waals surface area contributed by atoms with Gasteiger partial charge in [0.05, 0.1) is 28.4 Å². The highest BCUT2D eigenvalue weighted by atomic mass is 32.1. The molecule has 0 unspecified atom stereocenters. The number of pyridine rings is 1. The highest BCUT2D eigenvalue weighted by molar-refractivity contribution is 7.19. The third-order valence-corrected chi connectivity index (χ3v) is 7.28. The number of amides is 1. The summed E-state index contributed by atoms with van der Waals surface area (Å²) in [6.07, 6.45) is 1.27. The molecule has 1 amide bonds. The van der Waals surface area contributed by atoms with Gasteiger partial charge in [-0.15, -0.1) is 11.3 Å². The van der Waals surface area contributed by atoms with E-state index in [-0.39, 0.29) is 19.2 Å². The summed E-state index contributed by atoms with van der Waals surface area (Å²) in [5.41, 5.74) is 3.71. The third-order valence-electron chi connectivity index (χ3n) is 6.14. The van der Waals surface area contributed by atoms with Crippen LogP contribution in [0.5, 0.6) is 5.75 Å². The monoisotopic (exact) mass is 480 g/mol. The first-order valence-corrected chi connectivity index (χ1v) is 12.1. The summed E-state index contributed by atoms with van der Waals surface area (Å²) in [5.74, 6) is 0.663. The number of rotatable bonds is 5. The Morgan fingerprint density at radius 1 is 1.35 bits per heavy atom. The molecule has 0 bridgehead atoms. The Hall–Kier alpha value is -3.06. The van der Waals surface area contributed by atoms with E-state index in [9.17, 15) is 14.4 Å². The molecule has 34 heavy (non-hydrogen) atoms. The molecule has 0 saturated carbocycles. The number of thiophene rings is 1. The molecule has 2 fully saturated rings. The lowest BCUT2D eigenvalue weighted by atomic mass is 9.99. The van der Waals surface area contributed by atoms with Crippen LogP contribution in [0.3, 0.4) is 0 Å². The van der Waals surface area contributed by atoms with Gasteiger partial charge in [0.25, 0.3) is 0 Å². The maximum atomic E-state index is 14.3. The van der Waals surface area contributed by atoms with Crippen molar-refractivity contribution in [3.8, 4) is 22.9 Å². The lowest BCUT2D eigenvalue weighted by Crippen LogP contribution is -2.30. The highest BCUT2D eigenvalue weighted by Gasteiger charge is 2.30. The number of hydrogen-bond donors (Lipinski definition) is 1. The van der Waals surface area contributed by atoms with Crippen LogP contribution >= 0.6 is 11.3 Å². The minimum Gasteiger partial charge on any atom is -0.485 e. The summed E-state index contributed by atoms with van der Waals surface area (Å²) >= 11 is 1.56. The van der Waals surface area contributed by atoms with E-state index in [4.69, 9.17) is 9.47 Å². The number of alkyl halides is 1. The van der Waals surface area contributed by atoms with E-state index in [1.165, 1.54) is 0 Å². The van der Waals surface area contributed by atoms with Crippen molar-refractivity contribution in [2.75, 3.05) is 26.4 Å². The standard InChI is InChI=1S/C25H25FN4O3S/c1-15-7-16(10-27)8-19(24(15)33-22-12-28-11-20(22)26)18-4-5-29-21-9-17(34-25(18)21)13-30-14-32-6-2-3-23(30)31/h4-5,7-9,20,22,28H,2-3,6,11-14H2,1H3/t20-,22+/m0/s1. The average molecular weight is 481 g/mol. The number of carbonyl (C=O) groups is 1. The van der Waals surface area contributed by atoms with Crippen molar-refractivity contribution in [2.24, 2.45) is 0 Å². The summed E-state index contributed by atoms with van der Waals surface area (Å²) in [7, 11) is 0. The zero-order valence-corrected chi connectivity index (χ0v) is 19.7. The Kier molecular flexibility index (Phi) is 6.46. The molecule has 2 saturated heterocycles. The predicted octanol–water partition coefficient (Wildman–Crippen LogP) is 3.93. The number of benzene rings is 1. The molecule has 2 aliphatic heterocycles. The molecule has 5 rings (SSSR count). The maximum absolute atomic E-state index is 14.3. The minimum atomic E-state index is -1.10. The van der Waals surface area contributed by atoms with Crippen LogP contribution in [0.25, 0.3) is 21.3 Å². The molecule has 1 N–H and O–H groups in total. The van der Waals surface area contributed by atoms with E-state index in [0.717, 1.165) is 38.2 Å². The van der Waals surface area contributed by atoms with Gasteiger partial charge < -0.3 is 19.7 Å². The molecule has 2 aromatic heterocycles. The van der Waals surface area contributed by atoms with Gasteiger partial charge in [0.1, 0.15) is 18.6 Å². The normalized spacial score (nSPS) is 21.0. The second-order valence-corrected chi connectivity index (χ2v) is 9.77. The molecule has 2 atom stereocenters. The molecule has 176 valence electrons. The van der Waals surface area contributed by atoms with E-state index < -0.39 is 12.3 Å². The summed E-state index contributed by atoms with van der Waals surface area (Å²) in [6, 6.07) is 9.65. The fourth-order valence-corrected chi connectivity index (χ4v) is 5.57. The SMILES string of the molecule is Cc1cc(C#N)cc(-c2ccnc3cc(CN4COCCCC4=O)sc23)c1O[C@@H]1CNC[C@@H]1F. The van der Waals surface area contributed by atoms with Crippen molar-refractivity contribution < 1.29 is 18.7 Å². The number of fused-ring (bicyclic) bond motifs is 1. The van der Waals surface area contributed by atoms with Gasteiger partial charge in [0, 0.05) is 48.3 Å². The molecule has 0 spiro atoms. The Labute approximate surface area is 201 Å². The van der Waals surface area contributed by atoms with Gasteiger partial charge in [0.15, 0.2) is 6.17 Å². The van der Waals surface area contributed by atoms with Crippen LogP contribution in [-0.4, -0.2) is 54.5 Å². The topological polar surface area (TPSA) is 87.5 Å². The van der Waals surface area contributed by atoms with Gasteiger partial charge in [-0.3, -0.25) is 9.78 Å². The largest absolute Gasteiger partial charge is 0.485 e. The number of carbonyl (C=O) groups excluding carboxylic acids is 1. The highest BCUT2D eigenvalue weighted by Crippen LogP contribution is 2.41. The number of nitrogens with zero attached hydrogens (tertiary/aromatic N) is 3. The van der Waals surface area contributed by atoms with Crippen LogP contribution in [0.4, 0.5) is 4.39 Å². The Bertz CT molecular complexity index is 1270. The average Bonchev–Trinajstić information content (AvgIpc) is 3.37. The first-order valence-electron chi connectivity index (χ1n) is 11.3. The van der Waals surface area contributed by atoms with Gasteiger partial charge in [-0.1, -0.05) is 0 Å². The molecule has 4 heterocycles. The molecule has 2 aliphatic rings. The second kappa shape index (κ2) is 9.66. The van der Waals surface area contributed by atoms with E-state index in [2.05, 4.69) is 16.4 Å². The van der Waals surface area contributed by atoms with E-state index in [1.807, 2.05) is 19.1 Å². The van der Waals surface area contributed by atoms with Gasteiger partial charge >= 0.3 is 0 Å². The number of aryl methyl sites for hydroxylation is 1. The Balaban J connectivity index is 1.55. The summed E-state index contributed by atoms with van der Waals surface area (Å²) in [5, 5.41) is 12.6. The lowest BCUT2D eigenvalue weighted by Gasteiger charge is -2.20. The van der Waals surface area contributed by atoms with Gasteiger partial charge in [0.2, 0.25) is 5.91 Å². The molecule has 7 nitrogen and oxygen atoms in total. The molecular formula is C25H25FN4O3S. The van der Waals surface area contributed by atoms with Gasteiger partial charge in [-0.05, 0) is 43.2 Å². The van der Waals surface area contributed by atoms with Gasteiger partial charge in [-0.25, -0.2) is 4.39 Å². The van der Waals surface area contributed by atoms with E-state index >= 15 is 0 Å². The van der Waals surface area contributed by atoms with Crippen LogP contribution < -0.4 is 10.1 Å². The van der Waals surface area contributed by atoms with Crippen molar-refractivity contribution in [1.29, 1.82) is 5.26 Å². The zero-order valence-electron chi connectivity index (χ0n) is 18.8. The van der Waals surface area contributed by atoms with Crippen LogP contribution in [0.2, 0.25) is 0 Å². The van der Waals surface area contributed by atoms with Crippen molar-refractivity contribution in [2.45, 2.75) is 38.6 Å². The van der Waals surface area contributed by atoms with Crippen molar-refractivity contribution in [3.05, 3.63) is 46.5 Å². The first kappa shape index (κ1) is 22.7. The van der Waals surface area contributed by atoms with Crippen molar-refractivity contribution in [1.82, 2.24) is 15.2 Å². The molecule has 3 aromatic rings. The molecule has 9 heteroatoms. The summed E-state index contributed by atoms with van der Waals surface area (Å²) < 4.78 is 27.0. The predicted molar refractivity (Wildman–Crippen MR) is 127 cm³/mol. The summed E-state index contributed by atoms with van der Waals surface area (Å²) in [4.78, 5) is 19.7. The van der Waals surface area contributed by atoms with E-state index in [1.54, 1.807) is 34.6 Å². The minimum absolute atomic E-state index is 0.0853. The smallest absolute Gasteiger partial charge is 0.224 e. The fraction of sp³-hybridized carbons (Fsp3) is 0.400. The Morgan fingerprint density at radius 3 is 3.03 bits per heavy atom. The van der Waals surface area contributed by atoms with Crippen LogP contribution in [-0.2, 0) is 16.1 Å². The van der Waals surface area contributed by atoms with Gasteiger partial charge in [-0.2, -0.15) is 5.26 Å². The fourth-order valence-electron chi connectivity index (χ4n) is 4.41. The lowest BCUT2D eigenvalue weighted by molar-refractivity contribution is -0.134. The van der Waals surface area contributed by atoms with Crippen molar-refractivity contribution in [3.63, 3.8) is 0 Å². The number of ether oxygens (including phenoxy) is 2. The molecular weight excluding hydrogens is 455 g/mol. The number of nitrogens with one attached hydrogen (secondary N) is 1. The van der Waals surface area contributed by atoms with Crippen LogP contribution in [0, 0.1) is 18.3 Å². The number of hydrogen-bond acceptors (Lipinski definition) is 7. The third kappa shape index (κ3) is 4.49. The van der Waals surface area contributed by atoms with Crippen molar-refractivity contribution >= 4 is 27.5 Å². The van der Waals surface area contributed by atoms with Crippen LogP contribution in [0.15, 0.2) is 30.5 Å².